The van der Waals surface area contributed by atoms with Gasteiger partial charge in [0, 0.05) is 25.2 Å². The van der Waals surface area contributed by atoms with Crippen LogP contribution in [0.25, 0.3) is 0 Å². The van der Waals surface area contributed by atoms with Gasteiger partial charge in [0.05, 0.1) is 0 Å². The van der Waals surface area contributed by atoms with E-state index in [2.05, 4.69) is 23.6 Å². The minimum absolute atomic E-state index is 0.833. The molecule has 0 N–H and O–H groups in total. The fourth-order valence-corrected chi connectivity index (χ4v) is 3.26. The van der Waals surface area contributed by atoms with Crippen LogP contribution >= 0.6 is 0 Å². The third kappa shape index (κ3) is 2.54. The van der Waals surface area contributed by atoms with Crippen LogP contribution in [-0.4, -0.2) is 48.1 Å². The summed E-state index contributed by atoms with van der Waals surface area (Å²) in [7, 11) is 0. The molecule has 0 aromatic carbocycles. The number of rotatable bonds is 3. The van der Waals surface area contributed by atoms with Gasteiger partial charge in [-0.15, -0.1) is 0 Å². The average Bonchev–Trinajstić information content (AvgIpc) is 2.28. The normalized spacial score (nSPS) is 34.0. The molecule has 2 heterocycles. The van der Waals surface area contributed by atoms with E-state index >= 15 is 0 Å². The first-order valence-electron chi connectivity index (χ1n) is 6.83. The van der Waals surface area contributed by atoms with Gasteiger partial charge in [-0.3, -0.25) is 9.80 Å². The lowest BCUT2D eigenvalue weighted by atomic mass is 9.96. The summed E-state index contributed by atoms with van der Waals surface area (Å²) in [6.07, 6.45) is 6.96. The standard InChI is InChI=1S/C13H26N2/c1-3-8-14-11-13-7-5-6-9-15(13)10-12(14)4-2/h12-13H,3-11H2,1-2H3. The zero-order valence-electron chi connectivity index (χ0n) is 10.4. The lowest BCUT2D eigenvalue weighted by molar-refractivity contribution is 0.00777. The Morgan fingerprint density at radius 3 is 2.73 bits per heavy atom. The van der Waals surface area contributed by atoms with E-state index < -0.39 is 0 Å². The number of fused-ring (bicyclic) bond motifs is 1. The molecule has 0 aliphatic carbocycles. The monoisotopic (exact) mass is 210 g/mol. The Morgan fingerprint density at radius 1 is 1.13 bits per heavy atom. The van der Waals surface area contributed by atoms with Crippen molar-refractivity contribution in [3.63, 3.8) is 0 Å². The summed E-state index contributed by atoms with van der Waals surface area (Å²) in [6, 6.07) is 1.72. The van der Waals surface area contributed by atoms with Gasteiger partial charge in [-0.05, 0) is 38.8 Å². The smallest absolute Gasteiger partial charge is 0.0223 e. The summed E-state index contributed by atoms with van der Waals surface area (Å²) < 4.78 is 0. The number of nitrogens with zero attached hydrogens (tertiary/aromatic N) is 2. The van der Waals surface area contributed by atoms with Crippen LogP contribution in [0.4, 0.5) is 0 Å². The summed E-state index contributed by atoms with van der Waals surface area (Å²) in [5.74, 6) is 0. The molecule has 15 heavy (non-hydrogen) atoms. The molecule has 2 saturated heterocycles. The van der Waals surface area contributed by atoms with Crippen LogP contribution < -0.4 is 0 Å². The maximum atomic E-state index is 2.75. The molecule has 0 aromatic heterocycles. The largest absolute Gasteiger partial charge is 0.298 e. The van der Waals surface area contributed by atoms with Crippen LogP contribution in [0.3, 0.4) is 0 Å². The van der Waals surface area contributed by atoms with E-state index in [-0.39, 0.29) is 0 Å². The second-order valence-corrected chi connectivity index (χ2v) is 5.20. The lowest BCUT2D eigenvalue weighted by Crippen LogP contribution is -2.59. The third-order valence-electron chi connectivity index (χ3n) is 4.14. The van der Waals surface area contributed by atoms with Crippen LogP contribution in [0.15, 0.2) is 0 Å². The van der Waals surface area contributed by atoms with Crippen molar-refractivity contribution in [2.24, 2.45) is 0 Å². The highest BCUT2D eigenvalue weighted by Gasteiger charge is 2.33. The molecule has 0 radical (unpaired) electrons. The van der Waals surface area contributed by atoms with Crippen LogP contribution in [0.1, 0.15) is 46.0 Å². The molecule has 0 bridgehead atoms. The Bertz CT molecular complexity index is 193. The van der Waals surface area contributed by atoms with Crippen molar-refractivity contribution in [3.05, 3.63) is 0 Å². The van der Waals surface area contributed by atoms with E-state index in [4.69, 9.17) is 0 Å². The van der Waals surface area contributed by atoms with Crippen molar-refractivity contribution in [3.8, 4) is 0 Å². The molecular formula is C13H26N2. The zero-order valence-corrected chi connectivity index (χ0v) is 10.4. The molecule has 2 nitrogen and oxygen atoms in total. The first-order valence-corrected chi connectivity index (χ1v) is 6.83. The molecule has 88 valence electrons. The molecule has 2 rings (SSSR count). The highest BCUT2D eigenvalue weighted by Crippen LogP contribution is 2.25. The topological polar surface area (TPSA) is 6.48 Å². The summed E-state index contributed by atoms with van der Waals surface area (Å²) in [5, 5.41) is 0. The summed E-state index contributed by atoms with van der Waals surface area (Å²) in [5.41, 5.74) is 0. The number of hydrogen-bond acceptors (Lipinski definition) is 2. The second kappa shape index (κ2) is 5.31. The van der Waals surface area contributed by atoms with Gasteiger partial charge in [0.2, 0.25) is 0 Å². The fourth-order valence-electron chi connectivity index (χ4n) is 3.26. The zero-order chi connectivity index (χ0) is 10.7. The summed E-state index contributed by atoms with van der Waals surface area (Å²) in [4.78, 5) is 5.50. The summed E-state index contributed by atoms with van der Waals surface area (Å²) >= 11 is 0. The van der Waals surface area contributed by atoms with Gasteiger partial charge in [-0.1, -0.05) is 20.3 Å². The number of hydrogen-bond donors (Lipinski definition) is 0. The molecule has 2 atom stereocenters. The third-order valence-corrected chi connectivity index (χ3v) is 4.14. The Balaban J connectivity index is 1.95. The Kier molecular flexibility index (Phi) is 4.04. The minimum Gasteiger partial charge on any atom is -0.298 e. The molecule has 2 aliphatic rings. The van der Waals surface area contributed by atoms with Crippen molar-refractivity contribution in [2.75, 3.05) is 26.2 Å². The predicted molar refractivity (Wildman–Crippen MR) is 65.2 cm³/mol. The van der Waals surface area contributed by atoms with Crippen LogP contribution in [0, 0.1) is 0 Å². The van der Waals surface area contributed by atoms with Gasteiger partial charge in [0.1, 0.15) is 0 Å². The van der Waals surface area contributed by atoms with Crippen molar-refractivity contribution in [1.82, 2.24) is 9.80 Å². The molecule has 2 heteroatoms. The van der Waals surface area contributed by atoms with Gasteiger partial charge in [0.15, 0.2) is 0 Å². The van der Waals surface area contributed by atoms with Crippen molar-refractivity contribution < 1.29 is 0 Å². The van der Waals surface area contributed by atoms with E-state index in [1.807, 2.05) is 0 Å². The molecule has 2 aliphatic heterocycles. The van der Waals surface area contributed by atoms with E-state index in [0.29, 0.717) is 0 Å². The molecule has 2 fully saturated rings. The van der Waals surface area contributed by atoms with E-state index in [9.17, 15) is 0 Å². The lowest BCUT2D eigenvalue weighted by Gasteiger charge is -2.48. The minimum atomic E-state index is 0.833. The highest BCUT2D eigenvalue weighted by molar-refractivity contribution is 4.89. The van der Waals surface area contributed by atoms with E-state index in [1.165, 1.54) is 58.3 Å². The highest BCUT2D eigenvalue weighted by atomic mass is 15.3. The summed E-state index contributed by atoms with van der Waals surface area (Å²) in [6.45, 7) is 10.00. The average molecular weight is 210 g/mol. The molecule has 2 unspecified atom stereocenters. The number of piperidine rings is 1. The Labute approximate surface area is 94.6 Å². The second-order valence-electron chi connectivity index (χ2n) is 5.20. The Hall–Kier alpha value is -0.0800. The van der Waals surface area contributed by atoms with Gasteiger partial charge >= 0.3 is 0 Å². The molecule has 0 spiro atoms. The predicted octanol–water partition coefficient (Wildman–Crippen LogP) is 2.35. The van der Waals surface area contributed by atoms with Crippen molar-refractivity contribution in [2.45, 2.75) is 58.0 Å². The van der Waals surface area contributed by atoms with Gasteiger partial charge in [0.25, 0.3) is 0 Å². The van der Waals surface area contributed by atoms with E-state index in [1.54, 1.807) is 0 Å². The molecule has 0 saturated carbocycles. The van der Waals surface area contributed by atoms with Gasteiger partial charge in [-0.25, -0.2) is 0 Å². The van der Waals surface area contributed by atoms with Gasteiger partial charge in [-0.2, -0.15) is 0 Å². The fraction of sp³-hybridized carbons (Fsp3) is 1.00. The van der Waals surface area contributed by atoms with Gasteiger partial charge < -0.3 is 0 Å². The van der Waals surface area contributed by atoms with Crippen LogP contribution in [0.5, 0.6) is 0 Å². The van der Waals surface area contributed by atoms with Crippen LogP contribution in [-0.2, 0) is 0 Å². The maximum Gasteiger partial charge on any atom is 0.0223 e. The van der Waals surface area contributed by atoms with E-state index in [0.717, 1.165) is 12.1 Å². The van der Waals surface area contributed by atoms with Crippen LogP contribution in [0.2, 0.25) is 0 Å². The number of piperazine rings is 1. The maximum absolute atomic E-state index is 2.75. The quantitative estimate of drug-likeness (QED) is 0.705. The van der Waals surface area contributed by atoms with Crippen molar-refractivity contribution >= 4 is 0 Å². The van der Waals surface area contributed by atoms with Crippen molar-refractivity contribution in [1.29, 1.82) is 0 Å². The molecular weight excluding hydrogens is 184 g/mol. The molecule has 0 aromatic rings. The first kappa shape index (κ1) is 11.4. The first-order chi connectivity index (χ1) is 7.35. The molecule has 0 amide bonds. The Morgan fingerprint density at radius 2 is 2.00 bits per heavy atom. The SMILES string of the molecule is CCCN1CC2CCCCN2CC1CC.